The number of anilines is 1. The predicted octanol–water partition coefficient (Wildman–Crippen LogP) is 4.24. The number of hydrogen-bond acceptors (Lipinski definition) is 6. The number of aromatic nitrogens is 2. The molecular formula is C28H32N4O2. The minimum atomic E-state index is -1.04. The Kier molecular flexibility index (Phi) is 7.16. The van der Waals surface area contributed by atoms with Crippen LogP contribution in [-0.4, -0.2) is 45.7 Å². The molecule has 1 aromatic carbocycles. The molecule has 34 heavy (non-hydrogen) atoms. The van der Waals surface area contributed by atoms with Crippen LogP contribution < -0.4 is 10.5 Å². The van der Waals surface area contributed by atoms with Crippen LogP contribution in [-0.2, 0) is 6.61 Å². The zero-order valence-electron chi connectivity index (χ0n) is 20.1. The first-order valence-corrected chi connectivity index (χ1v) is 11.6. The molecule has 3 heterocycles. The molecule has 4 rings (SSSR count). The molecule has 2 aromatic heterocycles. The first kappa shape index (κ1) is 23.7. The summed E-state index contributed by atoms with van der Waals surface area (Å²) >= 11 is 0. The SMILES string of the molecule is CN1CCC(c2ccc(-c3cnc(N)c(OCc4cccc(C#CC(C)(C)O)c4)c3)nc2)CC1. The maximum Gasteiger partial charge on any atom is 0.166 e. The lowest BCUT2D eigenvalue weighted by Gasteiger charge is -2.29. The summed E-state index contributed by atoms with van der Waals surface area (Å²) in [6.07, 6.45) is 6.06. The number of hydrogen-bond donors (Lipinski definition) is 2. The normalized spacial score (nSPS) is 14.9. The number of aliphatic hydroxyl groups is 1. The summed E-state index contributed by atoms with van der Waals surface area (Å²) in [6, 6.07) is 13.8. The van der Waals surface area contributed by atoms with Crippen molar-refractivity contribution >= 4 is 5.82 Å². The van der Waals surface area contributed by atoms with Crippen molar-refractivity contribution in [2.75, 3.05) is 25.9 Å². The van der Waals surface area contributed by atoms with Gasteiger partial charge in [0.05, 0.1) is 5.69 Å². The van der Waals surface area contributed by atoms with Gasteiger partial charge < -0.3 is 20.5 Å². The van der Waals surface area contributed by atoms with Crippen LogP contribution in [0.3, 0.4) is 0 Å². The summed E-state index contributed by atoms with van der Waals surface area (Å²) in [5.41, 5.74) is 9.82. The van der Waals surface area contributed by atoms with Crippen LogP contribution in [0.25, 0.3) is 11.3 Å². The van der Waals surface area contributed by atoms with E-state index in [-0.39, 0.29) is 0 Å². The van der Waals surface area contributed by atoms with Crippen LogP contribution in [0.5, 0.6) is 5.75 Å². The molecular weight excluding hydrogens is 424 g/mol. The van der Waals surface area contributed by atoms with Crippen molar-refractivity contribution in [3.05, 3.63) is 71.5 Å². The van der Waals surface area contributed by atoms with Gasteiger partial charge in [-0.15, -0.1) is 0 Å². The van der Waals surface area contributed by atoms with Gasteiger partial charge >= 0.3 is 0 Å². The second-order valence-electron chi connectivity index (χ2n) is 9.46. The van der Waals surface area contributed by atoms with Gasteiger partial charge in [-0.25, -0.2) is 4.98 Å². The standard InChI is InChI=1S/C28H32N4O2/c1-28(2,33)12-9-20-5-4-6-21(15-20)19-34-26-16-24(18-31-27(26)29)25-8-7-23(17-30-25)22-10-13-32(3)14-11-22/h4-8,15-18,22,33H,10-11,13-14,19H2,1-3H3,(H2,29,31). The first-order valence-electron chi connectivity index (χ1n) is 11.6. The number of nitrogens with two attached hydrogens (primary N) is 1. The Morgan fingerprint density at radius 2 is 1.91 bits per heavy atom. The number of nitrogens with zero attached hydrogens (tertiary/aromatic N) is 3. The molecule has 6 heteroatoms. The molecule has 0 aliphatic carbocycles. The van der Waals surface area contributed by atoms with Crippen molar-refractivity contribution in [2.45, 2.75) is 44.8 Å². The number of piperidine rings is 1. The molecule has 0 amide bonds. The van der Waals surface area contributed by atoms with E-state index in [2.05, 4.69) is 40.9 Å². The van der Waals surface area contributed by atoms with Crippen LogP contribution in [0.1, 0.15) is 49.3 Å². The maximum absolute atomic E-state index is 9.82. The highest BCUT2D eigenvalue weighted by Gasteiger charge is 2.18. The van der Waals surface area contributed by atoms with E-state index in [1.165, 1.54) is 18.4 Å². The van der Waals surface area contributed by atoms with E-state index < -0.39 is 5.60 Å². The third kappa shape index (κ3) is 6.34. The molecule has 1 aliphatic rings. The predicted molar refractivity (Wildman–Crippen MR) is 135 cm³/mol. The Labute approximate surface area is 201 Å². The Balaban J connectivity index is 1.45. The van der Waals surface area contributed by atoms with Gasteiger partial charge in [0.25, 0.3) is 0 Å². The molecule has 6 nitrogen and oxygen atoms in total. The largest absolute Gasteiger partial charge is 0.485 e. The van der Waals surface area contributed by atoms with Crippen molar-refractivity contribution in [3.8, 4) is 28.8 Å². The third-order valence-corrected chi connectivity index (χ3v) is 5.99. The van der Waals surface area contributed by atoms with Gasteiger partial charge in [0.15, 0.2) is 11.6 Å². The average Bonchev–Trinajstić information content (AvgIpc) is 2.83. The Morgan fingerprint density at radius 1 is 1.12 bits per heavy atom. The van der Waals surface area contributed by atoms with Gasteiger partial charge in [0, 0.05) is 23.5 Å². The van der Waals surface area contributed by atoms with Gasteiger partial charge in [0.1, 0.15) is 12.2 Å². The van der Waals surface area contributed by atoms with Crippen molar-refractivity contribution in [2.24, 2.45) is 0 Å². The molecule has 3 aromatic rings. The Bertz CT molecular complexity index is 1180. The van der Waals surface area contributed by atoms with E-state index in [4.69, 9.17) is 15.5 Å². The Morgan fingerprint density at radius 3 is 2.62 bits per heavy atom. The van der Waals surface area contributed by atoms with Gasteiger partial charge in [-0.2, -0.15) is 0 Å². The van der Waals surface area contributed by atoms with Gasteiger partial charge in [-0.05, 0) is 88.1 Å². The van der Waals surface area contributed by atoms with Gasteiger partial charge in [-0.3, -0.25) is 4.98 Å². The average molecular weight is 457 g/mol. The highest BCUT2D eigenvalue weighted by molar-refractivity contribution is 5.64. The minimum absolute atomic E-state index is 0.329. The minimum Gasteiger partial charge on any atom is -0.485 e. The van der Waals surface area contributed by atoms with Crippen LogP contribution in [0.15, 0.2) is 54.9 Å². The Hall–Kier alpha value is -3.40. The molecule has 1 saturated heterocycles. The van der Waals surface area contributed by atoms with Crippen molar-refractivity contribution in [3.63, 3.8) is 0 Å². The highest BCUT2D eigenvalue weighted by atomic mass is 16.5. The van der Waals surface area contributed by atoms with Crippen LogP contribution >= 0.6 is 0 Å². The second kappa shape index (κ2) is 10.3. The third-order valence-electron chi connectivity index (χ3n) is 5.99. The lowest BCUT2D eigenvalue weighted by molar-refractivity contribution is 0.143. The lowest BCUT2D eigenvalue weighted by atomic mass is 9.90. The monoisotopic (exact) mass is 456 g/mol. The smallest absolute Gasteiger partial charge is 0.166 e. The fraction of sp³-hybridized carbons (Fsp3) is 0.357. The maximum atomic E-state index is 9.82. The van der Waals surface area contributed by atoms with E-state index in [0.717, 1.165) is 35.5 Å². The number of benzene rings is 1. The first-order chi connectivity index (χ1) is 16.3. The molecule has 0 radical (unpaired) electrons. The number of ether oxygens (including phenoxy) is 1. The topological polar surface area (TPSA) is 84.5 Å². The zero-order valence-corrected chi connectivity index (χ0v) is 20.1. The molecule has 0 atom stereocenters. The number of rotatable bonds is 5. The van der Waals surface area contributed by atoms with Gasteiger partial charge in [-0.1, -0.05) is 30.0 Å². The molecule has 0 saturated carbocycles. The van der Waals surface area contributed by atoms with E-state index in [9.17, 15) is 5.11 Å². The molecule has 3 N–H and O–H groups in total. The quantitative estimate of drug-likeness (QED) is 0.559. The number of pyridine rings is 2. The summed E-state index contributed by atoms with van der Waals surface area (Å²) < 4.78 is 6.00. The second-order valence-corrected chi connectivity index (χ2v) is 9.46. The van der Waals surface area contributed by atoms with Gasteiger partial charge in [0.2, 0.25) is 0 Å². The van der Waals surface area contributed by atoms with Crippen molar-refractivity contribution in [1.82, 2.24) is 14.9 Å². The van der Waals surface area contributed by atoms with E-state index in [1.54, 1.807) is 20.0 Å². The van der Waals surface area contributed by atoms with E-state index in [0.29, 0.717) is 24.1 Å². The molecule has 0 spiro atoms. The summed E-state index contributed by atoms with van der Waals surface area (Å²) in [4.78, 5) is 11.4. The highest BCUT2D eigenvalue weighted by Crippen LogP contribution is 2.30. The van der Waals surface area contributed by atoms with Crippen molar-refractivity contribution < 1.29 is 9.84 Å². The number of nitrogen functional groups attached to an aromatic ring is 1. The summed E-state index contributed by atoms with van der Waals surface area (Å²) in [5, 5.41) is 9.82. The van der Waals surface area contributed by atoms with E-state index >= 15 is 0 Å². The van der Waals surface area contributed by atoms with Crippen LogP contribution in [0.2, 0.25) is 0 Å². The lowest BCUT2D eigenvalue weighted by Crippen LogP contribution is -2.29. The fourth-order valence-corrected chi connectivity index (χ4v) is 4.00. The summed E-state index contributed by atoms with van der Waals surface area (Å²) in [7, 11) is 2.17. The van der Waals surface area contributed by atoms with Crippen LogP contribution in [0, 0.1) is 11.8 Å². The molecule has 1 aliphatic heterocycles. The molecule has 176 valence electrons. The zero-order chi connectivity index (χ0) is 24.1. The number of likely N-dealkylation sites (tertiary alicyclic amines) is 1. The molecule has 1 fully saturated rings. The summed E-state index contributed by atoms with van der Waals surface area (Å²) in [5.74, 6) is 7.25. The summed E-state index contributed by atoms with van der Waals surface area (Å²) in [6.45, 7) is 5.91. The van der Waals surface area contributed by atoms with E-state index in [1.807, 2.05) is 36.5 Å². The van der Waals surface area contributed by atoms with Crippen LogP contribution in [0.4, 0.5) is 5.82 Å². The van der Waals surface area contributed by atoms with Crippen molar-refractivity contribution in [1.29, 1.82) is 0 Å². The fourth-order valence-electron chi connectivity index (χ4n) is 4.00. The molecule has 0 unspecified atom stereocenters. The molecule has 0 bridgehead atoms.